The minimum absolute atomic E-state index is 0.265. The molecular formula is C11H12N4O3S. The lowest BCUT2D eigenvalue weighted by atomic mass is 10.2. The Morgan fingerprint density at radius 1 is 1.37 bits per heavy atom. The van der Waals surface area contributed by atoms with Gasteiger partial charge in [-0.15, -0.1) is 5.10 Å². The summed E-state index contributed by atoms with van der Waals surface area (Å²) in [5.74, 6) is 1.30. The Hall–Kier alpha value is -2.09. The molecule has 0 fully saturated rings. The van der Waals surface area contributed by atoms with Gasteiger partial charge in [0.05, 0.1) is 0 Å². The number of H-pyrrole nitrogens is 1. The molecule has 1 aromatic heterocycles. The van der Waals surface area contributed by atoms with E-state index >= 15 is 0 Å². The monoisotopic (exact) mass is 280 g/mol. The molecule has 19 heavy (non-hydrogen) atoms. The number of anilines is 1. The first-order chi connectivity index (χ1) is 9.15. The van der Waals surface area contributed by atoms with Crippen LogP contribution in [0.5, 0.6) is 11.5 Å². The first-order valence-electron chi connectivity index (χ1n) is 5.63. The van der Waals surface area contributed by atoms with Gasteiger partial charge in [0, 0.05) is 29.8 Å². The number of fused-ring (bicyclic) bond motifs is 1. The molecule has 3 N–H and O–H groups in total. The number of aromatic amines is 1. The zero-order valence-electron chi connectivity index (χ0n) is 10.2. The maximum absolute atomic E-state index is 11.3. The van der Waals surface area contributed by atoms with Gasteiger partial charge in [-0.1, -0.05) is 0 Å². The fourth-order valence-electron chi connectivity index (χ4n) is 1.70. The Balaban J connectivity index is 1.97. The van der Waals surface area contributed by atoms with Crippen molar-refractivity contribution in [3.63, 3.8) is 0 Å². The number of hydrogen-bond donors (Lipinski definition) is 2. The van der Waals surface area contributed by atoms with Crippen molar-refractivity contribution in [2.75, 3.05) is 18.9 Å². The van der Waals surface area contributed by atoms with Crippen LogP contribution in [0.25, 0.3) is 0 Å². The predicted molar refractivity (Wildman–Crippen MR) is 69.8 cm³/mol. The SMILES string of the molecule is Cn1c(Sc2cc3c(cc2N)OCCO3)n[nH]c1=O. The summed E-state index contributed by atoms with van der Waals surface area (Å²) in [5, 5.41) is 6.84. The topological polar surface area (TPSA) is 95.2 Å². The minimum Gasteiger partial charge on any atom is -0.486 e. The lowest BCUT2D eigenvalue weighted by Gasteiger charge is -2.19. The molecule has 0 aliphatic carbocycles. The molecule has 8 heteroatoms. The first kappa shape index (κ1) is 12.0. The van der Waals surface area contributed by atoms with Crippen LogP contribution in [0.3, 0.4) is 0 Å². The molecule has 0 unspecified atom stereocenters. The summed E-state index contributed by atoms with van der Waals surface area (Å²) >= 11 is 1.29. The second-order valence-corrected chi connectivity index (χ2v) is 5.02. The van der Waals surface area contributed by atoms with Crippen LogP contribution in [-0.4, -0.2) is 28.0 Å². The van der Waals surface area contributed by atoms with E-state index in [4.69, 9.17) is 15.2 Å². The Morgan fingerprint density at radius 3 is 2.68 bits per heavy atom. The molecule has 100 valence electrons. The van der Waals surface area contributed by atoms with Gasteiger partial charge >= 0.3 is 5.69 Å². The Morgan fingerprint density at radius 2 is 2.05 bits per heavy atom. The van der Waals surface area contributed by atoms with Gasteiger partial charge in [-0.25, -0.2) is 9.89 Å². The quantitative estimate of drug-likeness (QED) is 0.783. The van der Waals surface area contributed by atoms with Crippen LogP contribution in [-0.2, 0) is 7.05 Å². The van der Waals surface area contributed by atoms with Crippen molar-refractivity contribution >= 4 is 17.4 Å². The van der Waals surface area contributed by atoms with Crippen molar-refractivity contribution in [2.45, 2.75) is 10.1 Å². The van der Waals surface area contributed by atoms with Crippen molar-refractivity contribution in [1.29, 1.82) is 0 Å². The summed E-state index contributed by atoms with van der Waals surface area (Å²) < 4.78 is 12.4. The second-order valence-electron chi connectivity index (χ2n) is 4.01. The Kier molecular flexibility index (Phi) is 2.86. The summed E-state index contributed by atoms with van der Waals surface area (Å²) in [4.78, 5) is 12.1. The molecule has 1 aliphatic heterocycles. The molecule has 7 nitrogen and oxygen atoms in total. The van der Waals surface area contributed by atoms with Gasteiger partial charge in [-0.2, -0.15) is 0 Å². The van der Waals surface area contributed by atoms with E-state index < -0.39 is 0 Å². The zero-order chi connectivity index (χ0) is 13.4. The normalized spacial score (nSPS) is 13.5. The second kappa shape index (κ2) is 4.54. The average molecular weight is 280 g/mol. The third kappa shape index (κ3) is 2.14. The highest BCUT2D eigenvalue weighted by molar-refractivity contribution is 7.99. The molecule has 1 aliphatic rings. The lowest BCUT2D eigenvalue weighted by molar-refractivity contribution is 0.171. The number of nitrogens with two attached hydrogens (primary N) is 1. The summed E-state index contributed by atoms with van der Waals surface area (Å²) in [7, 11) is 1.64. The van der Waals surface area contributed by atoms with E-state index in [9.17, 15) is 4.79 Å². The molecule has 3 rings (SSSR count). The molecule has 0 radical (unpaired) electrons. The third-order valence-corrected chi connectivity index (χ3v) is 3.84. The van der Waals surface area contributed by atoms with E-state index in [0.29, 0.717) is 35.6 Å². The fourth-order valence-corrected chi connectivity index (χ4v) is 2.55. The van der Waals surface area contributed by atoms with Gasteiger partial charge < -0.3 is 15.2 Å². The van der Waals surface area contributed by atoms with E-state index in [1.807, 2.05) is 0 Å². The van der Waals surface area contributed by atoms with E-state index in [2.05, 4.69) is 10.2 Å². The van der Waals surface area contributed by atoms with Gasteiger partial charge in [0.1, 0.15) is 13.2 Å². The summed E-state index contributed by atoms with van der Waals surface area (Å²) in [6.45, 7) is 1.04. The summed E-state index contributed by atoms with van der Waals surface area (Å²) in [6, 6.07) is 3.52. The highest BCUT2D eigenvalue weighted by Gasteiger charge is 2.16. The molecule has 0 spiro atoms. The third-order valence-electron chi connectivity index (χ3n) is 2.71. The predicted octanol–water partition coefficient (Wildman–Crippen LogP) is 0.613. The van der Waals surface area contributed by atoms with E-state index in [1.165, 1.54) is 16.3 Å². The molecule has 2 aromatic rings. The Bertz CT molecular complexity index is 679. The maximum Gasteiger partial charge on any atom is 0.343 e. The average Bonchev–Trinajstić information content (AvgIpc) is 2.71. The van der Waals surface area contributed by atoms with Gasteiger partial charge in [-0.3, -0.25) is 4.57 Å². The Labute approximate surface area is 112 Å². The van der Waals surface area contributed by atoms with Gasteiger partial charge in [0.25, 0.3) is 0 Å². The van der Waals surface area contributed by atoms with Crippen LogP contribution in [0.2, 0.25) is 0 Å². The fraction of sp³-hybridized carbons (Fsp3) is 0.273. The van der Waals surface area contributed by atoms with Crippen molar-refractivity contribution in [3.05, 3.63) is 22.6 Å². The van der Waals surface area contributed by atoms with Crippen molar-refractivity contribution in [1.82, 2.24) is 14.8 Å². The largest absolute Gasteiger partial charge is 0.486 e. The van der Waals surface area contributed by atoms with E-state index in [-0.39, 0.29) is 5.69 Å². The van der Waals surface area contributed by atoms with Crippen LogP contribution >= 0.6 is 11.8 Å². The zero-order valence-corrected chi connectivity index (χ0v) is 11.0. The van der Waals surface area contributed by atoms with Gasteiger partial charge in [-0.05, 0) is 11.8 Å². The molecule has 1 aromatic carbocycles. The minimum atomic E-state index is -0.265. The van der Waals surface area contributed by atoms with E-state index in [1.54, 1.807) is 19.2 Å². The maximum atomic E-state index is 11.3. The number of rotatable bonds is 2. The van der Waals surface area contributed by atoms with Crippen LogP contribution in [0, 0.1) is 0 Å². The molecular weight excluding hydrogens is 268 g/mol. The first-order valence-corrected chi connectivity index (χ1v) is 6.45. The number of aromatic nitrogens is 3. The summed E-state index contributed by atoms with van der Waals surface area (Å²) in [6.07, 6.45) is 0. The number of nitrogen functional groups attached to an aromatic ring is 1. The van der Waals surface area contributed by atoms with Crippen molar-refractivity contribution < 1.29 is 9.47 Å². The van der Waals surface area contributed by atoms with Crippen LogP contribution in [0.15, 0.2) is 27.0 Å². The molecule has 0 saturated heterocycles. The highest BCUT2D eigenvalue weighted by atomic mass is 32.2. The summed E-state index contributed by atoms with van der Waals surface area (Å²) in [5.41, 5.74) is 6.26. The molecule has 2 heterocycles. The smallest absolute Gasteiger partial charge is 0.343 e. The van der Waals surface area contributed by atoms with Crippen LogP contribution in [0.4, 0.5) is 5.69 Å². The van der Waals surface area contributed by atoms with Crippen molar-refractivity contribution in [3.8, 4) is 11.5 Å². The number of nitrogens with zero attached hydrogens (tertiary/aromatic N) is 2. The van der Waals surface area contributed by atoms with Crippen molar-refractivity contribution in [2.24, 2.45) is 7.05 Å². The van der Waals surface area contributed by atoms with Gasteiger partial charge in [0.2, 0.25) is 0 Å². The molecule has 0 bridgehead atoms. The lowest BCUT2D eigenvalue weighted by Crippen LogP contribution is -2.15. The molecule has 0 atom stereocenters. The molecule has 0 saturated carbocycles. The van der Waals surface area contributed by atoms with E-state index in [0.717, 1.165) is 4.90 Å². The number of hydrogen-bond acceptors (Lipinski definition) is 6. The number of nitrogens with one attached hydrogen (secondary N) is 1. The van der Waals surface area contributed by atoms with Crippen LogP contribution in [0.1, 0.15) is 0 Å². The highest BCUT2D eigenvalue weighted by Crippen LogP contribution is 2.40. The number of ether oxygens (including phenoxy) is 2. The molecule has 0 amide bonds. The number of benzene rings is 1. The van der Waals surface area contributed by atoms with Crippen LogP contribution < -0.4 is 20.9 Å². The standard InChI is InChI=1S/C11H12N4O3S/c1-15-10(16)13-14-11(15)19-9-5-8-7(4-6(9)12)17-2-3-18-8/h4-5H,2-3,12H2,1H3,(H,13,16). The van der Waals surface area contributed by atoms with Gasteiger partial charge in [0.15, 0.2) is 16.7 Å².